The fourth-order valence-electron chi connectivity index (χ4n) is 1.81. The van der Waals surface area contributed by atoms with E-state index in [0.717, 1.165) is 27.6 Å². The Morgan fingerprint density at radius 3 is 2.63 bits per heavy atom. The molecule has 0 bridgehead atoms. The molecule has 0 aliphatic rings. The Bertz CT molecular complexity index is 754. The number of aromatic nitrogens is 1. The van der Waals surface area contributed by atoms with Crippen LogP contribution in [0.4, 0.5) is 0 Å². The summed E-state index contributed by atoms with van der Waals surface area (Å²) in [6, 6.07) is 11.2. The van der Waals surface area contributed by atoms with Crippen LogP contribution in [0.2, 0.25) is 10.0 Å². The van der Waals surface area contributed by atoms with E-state index in [1.807, 2.05) is 24.3 Å². The third kappa shape index (κ3) is 2.50. The zero-order chi connectivity index (χ0) is 13.4. The van der Waals surface area contributed by atoms with Gasteiger partial charge in [-0.3, -0.25) is 0 Å². The largest absolute Gasteiger partial charge is 0.436 e. The summed E-state index contributed by atoms with van der Waals surface area (Å²) in [5.41, 5.74) is 3.55. The molecular weight excluding hydrogens is 349 g/mol. The molecule has 5 heteroatoms. The number of nitrogens with zero attached hydrogens (tertiary/aromatic N) is 1. The predicted octanol–water partition coefficient (Wildman–Crippen LogP) is 5.70. The quantitative estimate of drug-likeness (QED) is 0.550. The maximum absolute atomic E-state index is 6.00. The lowest BCUT2D eigenvalue weighted by molar-refractivity contribution is 0.620. The van der Waals surface area contributed by atoms with Gasteiger partial charge >= 0.3 is 0 Å². The lowest BCUT2D eigenvalue weighted by Gasteiger charge is -1.97. The summed E-state index contributed by atoms with van der Waals surface area (Å²) in [7, 11) is 0. The van der Waals surface area contributed by atoms with Crippen LogP contribution in [0.15, 0.2) is 40.8 Å². The van der Waals surface area contributed by atoms with Gasteiger partial charge in [-0.25, -0.2) is 4.98 Å². The molecule has 3 aromatic rings. The van der Waals surface area contributed by atoms with E-state index < -0.39 is 0 Å². The molecule has 0 spiro atoms. The molecular formula is C14H8BrCl2NO. The third-order valence-electron chi connectivity index (χ3n) is 2.77. The average Bonchev–Trinajstić information content (AvgIpc) is 2.84. The first-order chi connectivity index (χ1) is 9.17. The zero-order valence-electron chi connectivity index (χ0n) is 9.66. The first kappa shape index (κ1) is 13.0. The summed E-state index contributed by atoms with van der Waals surface area (Å²) in [6.45, 7) is 0. The molecule has 0 saturated carbocycles. The number of fused-ring (bicyclic) bond motifs is 1. The van der Waals surface area contributed by atoms with Crippen LogP contribution in [-0.4, -0.2) is 4.98 Å². The van der Waals surface area contributed by atoms with Gasteiger partial charge in [0.1, 0.15) is 5.52 Å². The third-order valence-corrected chi connectivity index (χ3v) is 4.16. The molecule has 0 atom stereocenters. The second-order valence-electron chi connectivity index (χ2n) is 4.08. The summed E-state index contributed by atoms with van der Waals surface area (Å²) in [5, 5.41) is 1.79. The number of rotatable bonds is 2. The van der Waals surface area contributed by atoms with Crippen LogP contribution in [0.5, 0.6) is 0 Å². The van der Waals surface area contributed by atoms with Gasteiger partial charge in [0, 0.05) is 10.9 Å². The highest BCUT2D eigenvalue weighted by molar-refractivity contribution is 9.08. The fraction of sp³-hybridized carbons (Fsp3) is 0.0714. The molecule has 96 valence electrons. The standard InChI is InChI=1S/C14H8BrCl2NO/c15-7-8-1-4-13-12(5-8)18-14(19-13)9-2-3-10(16)11(17)6-9/h1-6H,7H2. The number of oxazole rings is 1. The minimum Gasteiger partial charge on any atom is -0.436 e. The molecule has 19 heavy (non-hydrogen) atoms. The van der Waals surface area contributed by atoms with Crippen LogP contribution in [0.3, 0.4) is 0 Å². The number of benzene rings is 2. The van der Waals surface area contributed by atoms with Gasteiger partial charge in [-0.1, -0.05) is 45.2 Å². The Kier molecular flexibility index (Phi) is 3.52. The van der Waals surface area contributed by atoms with Gasteiger partial charge in [-0.15, -0.1) is 0 Å². The van der Waals surface area contributed by atoms with Crippen LogP contribution >= 0.6 is 39.1 Å². The van der Waals surface area contributed by atoms with Gasteiger partial charge in [-0.2, -0.15) is 0 Å². The second kappa shape index (κ2) is 5.16. The van der Waals surface area contributed by atoms with Crippen molar-refractivity contribution < 1.29 is 4.42 Å². The van der Waals surface area contributed by atoms with Crippen molar-refractivity contribution in [1.82, 2.24) is 4.98 Å². The van der Waals surface area contributed by atoms with E-state index >= 15 is 0 Å². The summed E-state index contributed by atoms with van der Waals surface area (Å²) in [5.74, 6) is 0.542. The van der Waals surface area contributed by atoms with Crippen molar-refractivity contribution in [3.05, 3.63) is 52.0 Å². The van der Waals surface area contributed by atoms with Crippen molar-refractivity contribution in [3.63, 3.8) is 0 Å². The molecule has 2 aromatic carbocycles. The van der Waals surface area contributed by atoms with Gasteiger partial charge in [0.15, 0.2) is 5.58 Å². The molecule has 0 saturated heterocycles. The number of hydrogen-bond donors (Lipinski definition) is 0. The van der Waals surface area contributed by atoms with Crippen molar-refractivity contribution in [3.8, 4) is 11.5 Å². The normalized spacial score (nSPS) is 11.1. The van der Waals surface area contributed by atoms with Crippen LogP contribution in [0.1, 0.15) is 5.56 Å². The highest BCUT2D eigenvalue weighted by Crippen LogP contribution is 2.30. The Morgan fingerprint density at radius 1 is 1.05 bits per heavy atom. The van der Waals surface area contributed by atoms with Gasteiger partial charge in [0.05, 0.1) is 10.0 Å². The van der Waals surface area contributed by atoms with E-state index in [0.29, 0.717) is 15.9 Å². The first-order valence-electron chi connectivity index (χ1n) is 5.58. The lowest BCUT2D eigenvalue weighted by atomic mass is 10.2. The molecule has 1 aromatic heterocycles. The molecule has 0 fully saturated rings. The molecule has 3 rings (SSSR count). The Labute approximate surface area is 128 Å². The first-order valence-corrected chi connectivity index (χ1v) is 7.46. The van der Waals surface area contributed by atoms with E-state index in [1.54, 1.807) is 12.1 Å². The fourth-order valence-corrected chi connectivity index (χ4v) is 2.46. The van der Waals surface area contributed by atoms with E-state index in [1.165, 1.54) is 0 Å². The topological polar surface area (TPSA) is 26.0 Å². The van der Waals surface area contributed by atoms with Gasteiger partial charge < -0.3 is 4.42 Å². The molecule has 2 nitrogen and oxygen atoms in total. The molecule has 0 unspecified atom stereocenters. The van der Waals surface area contributed by atoms with Gasteiger partial charge in [0.2, 0.25) is 5.89 Å². The molecule has 0 amide bonds. The maximum atomic E-state index is 6.00. The van der Waals surface area contributed by atoms with Gasteiger partial charge in [0.25, 0.3) is 0 Å². The lowest BCUT2D eigenvalue weighted by Crippen LogP contribution is -1.78. The Balaban J connectivity index is 2.11. The number of hydrogen-bond acceptors (Lipinski definition) is 2. The minimum absolute atomic E-state index is 0.488. The monoisotopic (exact) mass is 355 g/mol. The summed E-state index contributed by atoms with van der Waals surface area (Å²) >= 11 is 15.3. The summed E-state index contributed by atoms with van der Waals surface area (Å²) < 4.78 is 5.72. The van der Waals surface area contributed by atoms with Gasteiger partial charge in [-0.05, 0) is 35.9 Å². The van der Waals surface area contributed by atoms with Crippen molar-refractivity contribution in [2.75, 3.05) is 0 Å². The van der Waals surface area contributed by atoms with Crippen molar-refractivity contribution in [1.29, 1.82) is 0 Å². The predicted molar refractivity (Wildman–Crippen MR) is 82.1 cm³/mol. The van der Waals surface area contributed by atoms with E-state index in [4.69, 9.17) is 27.6 Å². The second-order valence-corrected chi connectivity index (χ2v) is 5.46. The van der Waals surface area contributed by atoms with E-state index in [9.17, 15) is 0 Å². The van der Waals surface area contributed by atoms with E-state index in [-0.39, 0.29) is 0 Å². The smallest absolute Gasteiger partial charge is 0.227 e. The Morgan fingerprint density at radius 2 is 1.89 bits per heavy atom. The van der Waals surface area contributed by atoms with Crippen LogP contribution in [0.25, 0.3) is 22.6 Å². The van der Waals surface area contributed by atoms with Crippen molar-refractivity contribution in [2.24, 2.45) is 0 Å². The highest BCUT2D eigenvalue weighted by Gasteiger charge is 2.10. The average molecular weight is 357 g/mol. The molecule has 0 radical (unpaired) electrons. The zero-order valence-corrected chi connectivity index (χ0v) is 12.8. The molecule has 0 aliphatic heterocycles. The molecule has 0 aliphatic carbocycles. The van der Waals surface area contributed by atoms with Crippen molar-refractivity contribution in [2.45, 2.75) is 5.33 Å². The maximum Gasteiger partial charge on any atom is 0.227 e. The van der Waals surface area contributed by atoms with Crippen LogP contribution in [-0.2, 0) is 5.33 Å². The van der Waals surface area contributed by atoms with Crippen LogP contribution in [0, 0.1) is 0 Å². The Hall–Kier alpha value is -1.03. The number of halogens is 3. The SMILES string of the molecule is Clc1ccc(-c2nc3cc(CBr)ccc3o2)cc1Cl. The van der Waals surface area contributed by atoms with E-state index in [2.05, 4.69) is 20.9 Å². The minimum atomic E-state index is 0.488. The highest BCUT2D eigenvalue weighted by atomic mass is 79.9. The van der Waals surface area contributed by atoms with Crippen LogP contribution < -0.4 is 0 Å². The molecule has 0 N–H and O–H groups in total. The molecule has 1 heterocycles. The summed E-state index contributed by atoms with van der Waals surface area (Å²) in [4.78, 5) is 4.47. The van der Waals surface area contributed by atoms with Crippen molar-refractivity contribution >= 4 is 50.2 Å². The number of alkyl halides is 1. The summed E-state index contributed by atoms with van der Waals surface area (Å²) in [6.07, 6.45) is 0.